The minimum atomic E-state index is 0.0410. The number of hydrogen-bond donors (Lipinski definition) is 0. The molecule has 3 nitrogen and oxygen atoms in total. The molecule has 1 rings (SSSR count). The maximum absolute atomic E-state index is 12.0. The summed E-state index contributed by atoms with van der Waals surface area (Å²) in [7, 11) is 1.59. The van der Waals surface area contributed by atoms with Crippen LogP contribution in [0.2, 0.25) is 0 Å². The van der Waals surface area contributed by atoms with Gasteiger partial charge in [0, 0.05) is 18.0 Å². The fourth-order valence-corrected chi connectivity index (χ4v) is 1.75. The Morgan fingerprint density at radius 2 is 2.12 bits per heavy atom. The molecule has 0 saturated heterocycles. The Hall–Kier alpha value is -0.870. The third-order valence-corrected chi connectivity index (χ3v) is 2.73. The molecule has 0 N–H and O–H groups in total. The highest BCUT2D eigenvalue weighted by Crippen LogP contribution is 2.24. The van der Waals surface area contributed by atoms with E-state index >= 15 is 0 Å². The lowest BCUT2D eigenvalue weighted by Gasteiger charge is -2.10. The Balaban J connectivity index is 2.85. The van der Waals surface area contributed by atoms with E-state index in [-0.39, 0.29) is 5.78 Å². The summed E-state index contributed by atoms with van der Waals surface area (Å²) in [5.74, 6) is 0.690. The van der Waals surface area contributed by atoms with Crippen LogP contribution in [-0.4, -0.2) is 26.1 Å². The first-order chi connectivity index (χ1) is 8.19. The van der Waals surface area contributed by atoms with E-state index in [4.69, 9.17) is 9.47 Å². The number of ether oxygens (including phenoxy) is 2. The summed E-state index contributed by atoms with van der Waals surface area (Å²) in [6.07, 6.45) is 1.29. The second-order valence-corrected chi connectivity index (χ2v) is 4.57. The molecular formula is C13H17BrO3. The Bertz CT molecular complexity index is 377. The van der Waals surface area contributed by atoms with Crippen molar-refractivity contribution in [2.45, 2.75) is 19.8 Å². The van der Waals surface area contributed by atoms with Crippen molar-refractivity contribution >= 4 is 21.7 Å². The molecule has 94 valence electrons. The minimum Gasteiger partial charge on any atom is -0.493 e. The van der Waals surface area contributed by atoms with Crippen molar-refractivity contribution in [1.29, 1.82) is 0 Å². The van der Waals surface area contributed by atoms with Gasteiger partial charge in [0.15, 0.2) is 5.78 Å². The summed E-state index contributed by atoms with van der Waals surface area (Å²) in [5, 5.41) is 0. The topological polar surface area (TPSA) is 35.5 Å². The summed E-state index contributed by atoms with van der Waals surface area (Å²) in [6.45, 7) is 3.08. The van der Waals surface area contributed by atoms with E-state index < -0.39 is 0 Å². The number of halogens is 1. The molecule has 1 aromatic rings. The lowest BCUT2D eigenvalue weighted by atomic mass is 10.1. The van der Waals surface area contributed by atoms with E-state index in [1.54, 1.807) is 13.2 Å². The second-order valence-electron chi connectivity index (χ2n) is 3.65. The van der Waals surface area contributed by atoms with Crippen LogP contribution in [0.5, 0.6) is 5.75 Å². The summed E-state index contributed by atoms with van der Waals surface area (Å²) in [4.78, 5) is 12.0. The average Bonchev–Trinajstić information content (AvgIpc) is 2.34. The molecule has 0 radical (unpaired) electrons. The number of hydrogen-bond acceptors (Lipinski definition) is 3. The van der Waals surface area contributed by atoms with Crippen LogP contribution in [0, 0.1) is 0 Å². The highest BCUT2D eigenvalue weighted by molar-refractivity contribution is 9.10. The molecule has 17 heavy (non-hydrogen) atoms. The Morgan fingerprint density at radius 1 is 1.35 bits per heavy atom. The molecule has 0 aromatic heterocycles. The van der Waals surface area contributed by atoms with Gasteiger partial charge < -0.3 is 9.47 Å². The quantitative estimate of drug-likeness (QED) is 0.724. The molecule has 1 aromatic carbocycles. The van der Waals surface area contributed by atoms with Gasteiger partial charge in [-0.25, -0.2) is 0 Å². The Kier molecular flexibility index (Phi) is 6.22. The van der Waals surface area contributed by atoms with Gasteiger partial charge in [-0.05, 0) is 24.6 Å². The van der Waals surface area contributed by atoms with Crippen molar-refractivity contribution in [3.8, 4) is 5.75 Å². The molecule has 0 atom stereocenters. The summed E-state index contributed by atoms with van der Waals surface area (Å²) >= 11 is 3.36. The van der Waals surface area contributed by atoms with Gasteiger partial charge in [-0.2, -0.15) is 0 Å². The van der Waals surface area contributed by atoms with Gasteiger partial charge in [0.1, 0.15) is 5.75 Å². The summed E-state index contributed by atoms with van der Waals surface area (Å²) in [6, 6.07) is 5.49. The van der Waals surface area contributed by atoms with Crippen molar-refractivity contribution in [2.75, 3.05) is 20.3 Å². The third-order valence-electron chi connectivity index (χ3n) is 2.24. The van der Waals surface area contributed by atoms with Gasteiger partial charge >= 0.3 is 0 Å². The van der Waals surface area contributed by atoms with Crippen LogP contribution in [0.25, 0.3) is 0 Å². The predicted octanol–water partition coefficient (Wildman–Crippen LogP) is 3.46. The van der Waals surface area contributed by atoms with Crippen molar-refractivity contribution < 1.29 is 14.3 Å². The van der Waals surface area contributed by atoms with Gasteiger partial charge in [-0.15, -0.1) is 0 Å². The lowest BCUT2D eigenvalue weighted by molar-refractivity contribution is 0.0928. The zero-order valence-electron chi connectivity index (χ0n) is 10.2. The normalized spacial score (nSPS) is 10.3. The Labute approximate surface area is 110 Å². The zero-order chi connectivity index (χ0) is 12.7. The molecule has 0 heterocycles. The molecule has 0 unspecified atom stereocenters. The SMILES string of the molecule is CCCOc1ccc(Br)cc1C(=O)CCOC. The molecule has 0 saturated carbocycles. The van der Waals surface area contributed by atoms with E-state index in [0.717, 1.165) is 10.9 Å². The number of carbonyl (C=O) groups is 1. The van der Waals surface area contributed by atoms with Crippen LogP contribution >= 0.6 is 15.9 Å². The van der Waals surface area contributed by atoms with Gasteiger partial charge in [0.25, 0.3) is 0 Å². The Morgan fingerprint density at radius 3 is 2.76 bits per heavy atom. The van der Waals surface area contributed by atoms with Gasteiger partial charge in [0.05, 0.1) is 18.8 Å². The molecule has 0 spiro atoms. The highest BCUT2D eigenvalue weighted by atomic mass is 79.9. The van der Waals surface area contributed by atoms with Crippen molar-refractivity contribution in [2.24, 2.45) is 0 Å². The fraction of sp³-hybridized carbons (Fsp3) is 0.462. The van der Waals surface area contributed by atoms with Crippen molar-refractivity contribution in [3.05, 3.63) is 28.2 Å². The number of benzene rings is 1. The van der Waals surface area contributed by atoms with Gasteiger partial charge in [0.2, 0.25) is 0 Å². The number of ketones is 1. The van der Waals surface area contributed by atoms with Crippen LogP contribution in [0.15, 0.2) is 22.7 Å². The number of Topliss-reactive ketones (excluding diaryl/α,β-unsaturated/α-hetero) is 1. The van der Waals surface area contributed by atoms with Crippen LogP contribution < -0.4 is 4.74 Å². The molecule has 0 aliphatic heterocycles. The van der Waals surface area contributed by atoms with E-state index in [9.17, 15) is 4.79 Å². The first-order valence-corrected chi connectivity index (χ1v) is 6.42. The van der Waals surface area contributed by atoms with E-state index in [1.807, 2.05) is 19.1 Å². The monoisotopic (exact) mass is 300 g/mol. The largest absolute Gasteiger partial charge is 0.493 e. The molecule has 0 aliphatic rings. The second kappa shape index (κ2) is 7.45. The number of rotatable bonds is 7. The molecule has 0 fully saturated rings. The van der Waals surface area contributed by atoms with Gasteiger partial charge in [-0.1, -0.05) is 22.9 Å². The first kappa shape index (κ1) is 14.2. The van der Waals surface area contributed by atoms with Crippen LogP contribution in [-0.2, 0) is 4.74 Å². The molecule has 4 heteroatoms. The summed E-state index contributed by atoms with van der Waals surface area (Å²) in [5.41, 5.74) is 0.616. The van der Waals surface area contributed by atoms with Gasteiger partial charge in [-0.3, -0.25) is 4.79 Å². The molecule has 0 amide bonds. The standard InChI is InChI=1S/C13H17BrO3/c1-3-7-17-13-5-4-10(14)9-11(13)12(15)6-8-16-2/h4-5,9H,3,6-8H2,1-2H3. The molecular weight excluding hydrogens is 284 g/mol. The smallest absolute Gasteiger partial charge is 0.168 e. The zero-order valence-corrected chi connectivity index (χ0v) is 11.7. The van der Waals surface area contributed by atoms with Crippen LogP contribution in [0.1, 0.15) is 30.1 Å². The summed E-state index contributed by atoms with van der Waals surface area (Å²) < 4.78 is 11.3. The maximum Gasteiger partial charge on any atom is 0.168 e. The van der Waals surface area contributed by atoms with E-state index in [2.05, 4.69) is 15.9 Å². The van der Waals surface area contributed by atoms with E-state index in [0.29, 0.717) is 30.9 Å². The minimum absolute atomic E-state index is 0.0410. The average molecular weight is 301 g/mol. The highest BCUT2D eigenvalue weighted by Gasteiger charge is 2.12. The van der Waals surface area contributed by atoms with E-state index in [1.165, 1.54) is 0 Å². The predicted molar refractivity (Wildman–Crippen MR) is 70.8 cm³/mol. The lowest BCUT2D eigenvalue weighted by Crippen LogP contribution is -2.07. The maximum atomic E-state index is 12.0. The first-order valence-electron chi connectivity index (χ1n) is 5.63. The number of methoxy groups -OCH3 is 1. The fourth-order valence-electron chi connectivity index (χ4n) is 1.39. The molecule has 0 bridgehead atoms. The van der Waals surface area contributed by atoms with Crippen LogP contribution in [0.3, 0.4) is 0 Å². The van der Waals surface area contributed by atoms with Crippen molar-refractivity contribution in [1.82, 2.24) is 0 Å². The van der Waals surface area contributed by atoms with Crippen molar-refractivity contribution in [3.63, 3.8) is 0 Å². The third kappa shape index (κ3) is 4.48. The van der Waals surface area contributed by atoms with Crippen LogP contribution in [0.4, 0.5) is 0 Å². The molecule has 0 aliphatic carbocycles. The number of carbonyl (C=O) groups excluding carboxylic acids is 1.